The van der Waals surface area contributed by atoms with E-state index in [0.717, 1.165) is 23.1 Å². The Morgan fingerprint density at radius 1 is 1.25 bits per heavy atom. The molecule has 2 nitrogen and oxygen atoms in total. The summed E-state index contributed by atoms with van der Waals surface area (Å²) in [5.74, 6) is -0.220. The fourth-order valence-corrected chi connectivity index (χ4v) is 2.43. The van der Waals surface area contributed by atoms with Gasteiger partial charge in [0.25, 0.3) is 0 Å². The molecule has 0 aliphatic carbocycles. The molecule has 0 spiro atoms. The average molecular weight is 339 g/mol. The number of hydrogen-bond donors (Lipinski definition) is 1. The first-order valence-corrected chi connectivity index (χ1v) is 7.47. The van der Waals surface area contributed by atoms with Gasteiger partial charge in [0.1, 0.15) is 5.82 Å². The molecule has 1 aromatic carbocycles. The van der Waals surface area contributed by atoms with Gasteiger partial charge in [0.05, 0.1) is 0 Å². The number of aromatic nitrogens is 1. The normalized spacial score (nSPS) is 11.8. The summed E-state index contributed by atoms with van der Waals surface area (Å²) in [4.78, 5) is 0. The summed E-state index contributed by atoms with van der Waals surface area (Å²) in [6.07, 6.45) is 2.05. The minimum absolute atomic E-state index is 0.0888. The van der Waals surface area contributed by atoms with E-state index in [1.54, 1.807) is 0 Å². The van der Waals surface area contributed by atoms with Crippen LogP contribution in [0.25, 0.3) is 0 Å². The van der Waals surface area contributed by atoms with E-state index in [-0.39, 0.29) is 11.4 Å². The molecule has 0 saturated heterocycles. The van der Waals surface area contributed by atoms with E-state index in [2.05, 4.69) is 58.8 Å². The first kappa shape index (κ1) is 15.3. The van der Waals surface area contributed by atoms with Crippen LogP contribution in [0.3, 0.4) is 0 Å². The molecule has 1 aromatic heterocycles. The molecule has 2 rings (SSSR count). The molecule has 1 heterocycles. The van der Waals surface area contributed by atoms with Gasteiger partial charge in [-0.15, -0.1) is 0 Å². The Bertz CT molecular complexity index is 584. The minimum atomic E-state index is -0.220. The van der Waals surface area contributed by atoms with E-state index in [0.29, 0.717) is 0 Å². The molecule has 0 atom stereocenters. The first-order chi connectivity index (χ1) is 9.35. The molecule has 0 bridgehead atoms. The van der Waals surface area contributed by atoms with Crippen molar-refractivity contribution in [2.24, 2.45) is 0 Å². The number of nitrogens with zero attached hydrogens (tertiary/aromatic N) is 1. The molecule has 0 fully saturated rings. The van der Waals surface area contributed by atoms with Crippen molar-refractivity contribution in [3.8, 4) is 0 Å². The second-order valence-corrected chi connectivity index (χ2v) is 6.82. The van der Waals surface area contributed by atoms with Crippen molar-refractivity contribution in [3.05, 3.63) is 58.1 Å². The van der Waals surface area contributed by atoms with Crippen LogP contribution in [0.5, 0.6) is 0 Å². The van der Waals surface area contributed by atoms with Crippen LogP contribution in [0.1, 0.15) is 32.0 Å². The lowest BCUT2D eigenvalue weighted by atomic mass is 10.1. The molecule has 0 aliphatic rings. The second kappa shape index (κ2) is 6.10. The van der Waals surface area contributed by atoms with E-state index in [4.69, 9.17) is 0 Å². The molecule has 108 valence electrons. The van der Waals surface area contributed by atoms with E-state index in [9.17, 15) is 4.39 Å². The third kappa shape index (κ3) is 4.18. The molecule has 0 unspecified atom stereocenters. The molecule has 1 N–H and O–H groups in total. The van der Waals surface area contributed by atoms with Crippen LogP contribution in [0, 0.1) is 5.82 Å². The summed E-state index contributed by atoms with van der Waals surface area (Å²) in [7, 11) is 0. The maximum atomic E-state index is 13.1. The quantitative estimate of drug-likeness (QED) is 0.878. The predicted molar refractivity (Wildman–Crippen MR) is 84.2 cm³/mol. The SMILES string of the molecule is CC(C)(C)NCc1cccn1Cc1ccc(F)cc1Br. The van der Waals surface area contributed by atoms with Crippen molar-refractivity contribution in [1.29, 1.82) is 0 Å². The number of rotatable bonds is 4. The molecule has 0 radical (unpaired) electrons. The Balaban J connectivity index is 2.12. The maximum Gasteiger partial charge on any atom is 0.124 e. The standard InChI is InChI=1S/C16H20BrFN2/c1-16(2,3)19-10-14-5-4-8-20(14)11-12-6-7-13(18)9-15(12)17/h4-9,19H,10-11H2,1-3H3. The summed E-state index contributed by atoms with van der Waals surface area (Å²) in [5.41, 5.74) is 2.38. The zero-order valence-corrected chi connectivity index (χ0v) is 13.7. The zero-order chi connectivity index (χ0) is 14.8. The van der Waals surface area contributed by atoms with E-state index < -0.39 is 0 Å². The second-order valence-electron chi connectivity index (χ2n) is 5.97. The fraction of sp³-hybridized carbons (Fsp3) is 0.375. The van der Waals surface area contributed by atoms with Gasteiger partial charge >= 0.3 is 0 Å². The maximum absolute atomic E-state index is 13.1. The first-order valence-electron chi connectivity index (χ1n) is 6.68. The number of nitrogens with one attached hydrogen (secondary N) is 1. The highest BCUT2D eigenvalue weighted by molar-refractivity contribution is 9.10. The molecule has 20 heavy (non-hydrogen) atoms. The summed E-state index contributed by atoms with van der Waals surface area (Å²) in [5, 5.41) is 3.48. The van der Waals surface area contributed by atoms with Gasteiger partial charge in [-0.2, -0.15) is 0 Å². The van der Waals surface area contributed by atoms with Gasteiger partial charge in [0.15, 0.2) is 0 Å². The third-order valence-corrected chi connectivity index (χ3v) is 3.82. The lowest BCUT2D eigenvalue weighted by Crippen LogP contribution is -2.35. The smallest absolute Gasteiger partial charge is 0.124 e. The summed E-state index contributed by atoms with van der Waals surface area (Å²) < 4.78 is 16.1. The average Bonchev–Trinajstić information content (AvgIpc) is 2.77. The van der Waals surface area contributed by atoms with Gasteiger partial charge in [0, 0.05) is 35.0 Å². The van der Waals surface area contributed by atoms with Crippen molar-refractivity contribution in [1.82, 2.24) is 9.88 Å². The minimum Gasteiger partial charge on any atom is -0.346 e. The molecule has 0 amide bonds. The van der Waals surface area contributed by atoms with Crippen LogP contribution in [0.15, 0.2) is 41.0 Å². The van der Waals surface area contributed by atoms with Gasteiger partial charge in [-0.05, 0) is 50.6 Å². The van der Waals surface area contributed by atoms with Crippen LogP contribution in [0.2, 0.25) is 0 Å². The van der Waals surface area contributed by atoms with Crippen LogP contribution in [-0.2, 0) is 13.1 Å². The van der Waals surface area contributed by atoms with E-state index >= 15 is 0 Å². The van der Waals surface area contributed by atoms with Gasteiger partial charge in [0.2, 0.25) is 0 Å². The Labute approximate surface area is 128 Å². The Hall–Kier alpha value is -1.13. The highest BCUT2D eigenvalue weighted by Gasteiger charge is 2.11. The highest BCUT2D eigenvalue weighted by Crippen LogP contribution is 2.20. The van der Waals surface area contributed by atoms with Gasteiger partial charge in [-0.25, -0.2) is 4.39 Å². The van der Waals surface area contributed by atoms with Crippen molar-refractivity contribution in [3.63, 3.8) is 0 Å². The lowest BCUT2D eigenvalue weighted by Gasteiger charge is -2.21. The summed E-state index contributed by atoms with van der Waals surface area (Å²) in [6.45, 7) is 7.99. The Kier molecular flexibility index (Phi) is 4.66. The monoisotopic (exact) mass is 338 g/mol. The van der Waals surface area contributed by atoms with Crippen LogP contribution < -0.4 is 5.32 Å². The molecular weight excluding hydrogens is 319 g/mol. The summed E-state index contributed by atoms with van der Waals surface area (Å²) >= 11 is 3.42. The Morgan fingerprint density at radius 2 is 2.00 bits per heavy atom. The molecule has 0 saturated carbocycles. The molecule has 0 aliphatic heterocycles. The van der Waals surface area contributed by atoms with Crippen molar-refractivity contribution in [2.45, 2.75) is 39.4 Å². The lowest BCUT2D eigenvalue weighted by molar-refractivity contribution is 0.417. The van der Waals surface area contributed by atoms with E-state index in [1.807, 2.05) is 12.1 Å². The van der Waals surface area contributed by atoms with Crippen LogP contribution >= 0.6 is 15.9 Å². The molecule has 4 heteroatoms. The highest BCUT2D eigenvalue weighted by atomic mass is 79.9. The van der Waals surface area contributed by atoms with Gasteiger partial charge in [-0.3, -0.25) is 0 Å². The van der Waals surface area contributed by atoms with Gasteiger partial charge < -0.3 is 9.88 Å². The molecular formula is C16H20BrFN2. The Morgan fingerprint density at radius 3 is 2.65 bits per heavy atom. The van der Waals surface area contributed by atoms with Crippen molar-refractivity contribution < 1.29 is 4.39 Å². The predicted octanol–water partition coefficient (Wildman–Crippen LogP) is 4.33. The van der Waals surface area contributed by atoms with Crippen molar-refractivity contribution >= 4 is 15.9 Å². The topological polar surface area (TPSA) is 17.0 Å². The van der Waals surface area contributed by atoms with Crippen LogP contribution in [0.4, 0.5) is 4.39 Å². The number of hydrogen-bond acceptors (Lipinski definition) is 1. The number of halogens is 2. The van der Waals surface area contributed by atoms with Gasteiger partial charge in [-0.1, -0.05) is 22.0 Å². The largest absolute Gasteiger partial charge is 0.346 e. The summed E-state index contributed by atoms with van der Waals surface area (Å²) in [6, 6.07) is 8.97. The number of benzene rings is 1. The molecule has 2 aromatic rings. The van der Waals surface area contributed by atoms with Crippen LogP contribution in [-0.4, -0.2) is 10.1 Å². The zero-order valence-electron chi connectivity index (χ0n) is 12.1. The fourth-order valence-electron chi connectivity index (χ4n) is 1.95. The van der Waals surface area contributed by atoms with Crippen molar-refractivity contribution in [2.75, 3.05) is 0 Å². The third-order valence-electron chi connectivity index (χ3n) is 3.08. The van der Waals surface area contributed by atoms with E-state index in [1.165, 1.54) is 17.8 Å².